The Kier molecular flexibility index (Phi) is 7.21. The monoisotopic (exact) mass is 519 g/mol. The maximum Gasteiger partial charge on any atom is 0.251 e. The van der Waals surface area contributed by atoms with Crippen LogP contribution in [-0.4, -0.2) is 47.0 Å². The maximum absolute atomic E-state index is 13.6. The van der Waals surface area contributed by atoms with E-state index in [1.54, 1.807) is 0 Å². The fraction of sp³-hybridized carbons (Fsp3) is 0.250. The predicted molar refractivity (Wildman–Crippen MR) is 143 cm³/mol. The molecule has 7 nitrogen and oxygen atoms in total. The lowest BCUT2D eigenvalue weighted by Crippen LogP contribution is -2.65. The van der Waals surface area contributed by atoms with Crippen molar-refractivity contribution in [3.63, 3.8) is 0 Å². The third kappa shape index (κ3) is 5.50. The number of nitrogens with zero attached hydrogens (tertiary/aromatic N) is 4. The maximum atomic E-state index is 13.6. The Balaban J connectivity index is 1.46. The van der Waals surface area contributed by atoms with Crippen molar-refractivity contribution in [1.29, 1.82) is 0 Å². The molecule has 0 spiro atoms. The van der Waals surface area contributed by atoms with Gasteiger partial charge in [0.2, 0.25) is 11.9 Å². The number of fused-ring (bicyclic) bond motifs is 1. The van der Waals surface area contributed by atoms with Crippen molar-refractivity contribution < 1.29 is 14.0 Å². The quantitative estimate of drug-likeness (QED) is 0.503. The molecule has 1 saturated heterocycles. The summed E-state index contributed by atoms with van der Waals surface area (Å²) < 4.78 is 13.6. The van der Waals surface area contributed by atoms with Gasteiger partial charge >= 0.3 is 0 Å². The van der Waals surface area contributed by atoms with E-state index >= 15 is 0 Å². The van der Waals surface area contributed by atoms with Gasteiger partial charge in [-0.2, -0.15) is 4.99 Å². The highest BCUT2D eigenvalue weighted by Crippen LogP contribution is 2.28. The van der Waals surface area contributed by atoms with Crippen LogP contribution in [0.1, 0.15) is 24.5 Å². The molecule has 1 fully saturated rings. The van der Waals surface area contributed by atoms with Crippen LogP contribution in [0.4, 0.5) is 15.8 Å². The van der Waals surface area contributed by atoms with Crippen molar-refractivity contribution in [3.05, 3.63) is 94.8 Å². The Morgan fingerprint density at radius 3 is 2.51 bits per heavy atom. The molecule has 0 saturated carbocycles. The normalized spacial score (nSPS) is 17.9. The zero-order chi connectivity index (χ0) is 25.9. The summed E-state index contributed by atoms with van der Waals surface area (Å²) in [5, 5.41) is 2.70. The van der Waals surface area contributed by atoms with E-state index < -0.39 is 11.9 Å². The van der Waals surface area contributed by atoms with Gasteiger partial charge in [0.05, 0.1) is 24.8 Å². The summed E-state index contributed by atoms with van der Waals surface area (Å²) >= 11 is 5.90. The van der Waals surface area contributed by atoms with Crippen LogP contribution in [0.25, 0.3) is 0 Å². The fourth-order valence-electron chi connectivity index (χ4n) is 4.62. The summed E-state index contributed by atoms with van der Waals surface area (Å²) in [5.41, 5.74) is 3.59. The fourth-order valence-corrected chi connectivity index (χ4v) is 4.80. The van der Waals surface area contributed by atoms with Gasteiger partial charge in [0, 0.05) is 17.9 Å². The third-order valence-corrected chi connectivity index (χ3v) is 6.85. The van der Waals surface area contributed by atoms with Crippen molar-refractivity contribution in [2.45, 2.75) is 32.4 Å². The minimum atomic E-state index is -0.792. The van der Waals surface area contributed by atoms with Crippen molar-refractivity contribution in [1.82, 2.24) is 9.80 Å². The van der Waals surface area contributed by atoms with E-state index in [0.29, 0.717) is 31.5 Å². The topological polar surface area (TPSA) is 68.2 Å². The zero-order valence-corrected chi connectivity index (χ0v) is 21.2. The van der Waals surface area contributed by atoms with Crippen molar-refractivity contribution >= 4 is 40.7 Å². The second-order valence-corrected chi connectivity index (χ2v) is 9.57. The molecule has 1 N–H and O–H groups in total. The Morgan fingerprint density at radius 2 is 1.81 bits per heavy atom. The van der Waals surface area contributed by atoms with E-state index in [-0.39, 0.29) is 23.3 Å². The first-order valence-electron chi connectivity index (χ1n) is 12.2. The van der Waals surface area contributed by atoms with E-state index in [1.807, 2.05) is 40.1 Å². The molecule has 2 heterocycles. The number of carbonyl (C=O) groups is 2. The molecule has 3 aromatic rings. The largest absolute Gasteiger partial charge is 0.324 e. The van der Waals surface area contributed by atoms with Crippen LogP contribution in [0.5, 0.6) is 0 Å². The van der Waals surface area contributed by atoms with Gasteiger partial charge in [0.25, 0.3) is 5.91 Å². The van der Waals surface area contributed by atoms with E-state index in [9.17, 15) is 14.0 Å². The van der Waals surface area contributed by atoms with Crippen LogP contribution in [0.3, 0.4) is 0 Å². The first-order valence-corrected chi connectivity index (χ1v) is 12.6. The second-order valence-electron chi connectivity index (χ2n) is 9.16. The number of benzene rings is 3. The highest BCUT2D eigenvalue weighted by Gasteiger charge is 2.41. The minimum absolute atomic E-state index is 0.0634. The summed E-state index contributed by atoms with van der Waals surface area (Å²) in [6.45, 7) is 3.67. The highest BCUT2D eigenvalue weighted by atomic mass is 35.5. The van der Waals surface area contributed by atoms with Gasteiger partial charge in [-0.05, 0) is 47.9 Å². The molecule has 0 radical (unpaired) electrons. The van der Waals surface area contributed by atoms with Gasteiger partial charge in [0.15, 0.2) is 0 Å². The standard InChI is InChI=1S/C28H27ClFN5O2/c1-2-19-8-11-22(12-9-19)34-17-33(16-20-6-4-3-5-7-20)18-35-25(15-26(36)32-28(34)35)27(37)31-21-10-13-24(30)23(29)14-21/h3-14,25H,2,15-18H2,1H3,(H,31,37). The van der Waals surface area contributed by atoms with E-state index in [2.05, 4.69) is 46.4 Å². The molecule has 1 unspecified atom stereocenters. The third-order valence-electron chi connectivity index (χ3n) is 6.56. The molecule has 9 heteroatoms. The van der Waals surface area contributed by atoms with Crippen molar-refractivity contribution in [2.24, 2.45) is 4.99 Å². The van der Waals surface area contributed by atoms with Gasteiger partial charge in [0.1, 0.15) is 11.9 Å². The molecule has 0 aliphatic carbocycles. The first kappa shape index (κ1) is 24.9. The number of guanidine groups is 1. The van der Waals surface area contributed by atoms with Crippen LogP contribution < -0.4 is 10.2 Å². The number of anilines is 2. The molecule has 0 aromatic heterocycles. The number of halogens is 2. The summed E-state index contributed by atoms with van der Waals surface area (Å²) in [6.07, 6.45) is 0.855. The number of aliphatic imine (C=N–C) groups is 1. The van der Waals surface area contributed by atoms with Gasteiger partial charge in [-0.3, -0.25) is 19.4 Å². The lowest BCUT2D eigenvalue weighted by Gasteiger charge is -2.48. The molecular weight excluding hydrogens is 493 g/mol. The van der Waals surface area contributed by atoms with Gasteiger partial charge in [-0.15, -0.1) is 0 Å². The highest BCUT2D eigenvalue weighted by molar-refractivity contribution is 6.31. The van der Waals surface area contributed by atoms with Crippen LogP contribution in [0.15, 0.2) is 77.8 Å². The van der Waals surface area contributed by atoms with Crippen LogP contribution in [-0.2, 0) is 22.6 Å². The molecule has 2 aliphatic rings. The Bertz CT molecular complexity index is 1330. The predicted octanol–water partition coefficient (Wildman–Crippen LogP) is 4.87. The first-order chi connectivity index (χ1) is 17.9. The van der Waals surface area contributed by atoms with Crippen LogP contribution in [0, 0.1) is 5.82 Å². The number of hydrogen-bond donors (Lipinski definition) is 1. The summed E-state index contributed by atoms with van der Waals surface area (Å²) in [5.74, 6) is -0.872. The Labute approximate surface area is 220 Å². The van der Waals surface area contributed by atoms with Crippen molar-refractivity contribution in [3.8, 4) is 0 Å². The van der Waals surface area contributed by atoms with Crippen LogP contribution >= 0.6 is 11.6 Å². The number of nitrogens with one attached hydrogen (secondary N) is 1. The van der Waals surface area contributed by atoms with E-state index in [4.69, 9.17) is 11.6 Å². The van der Waals surface area contributed by atoms with Crippen molar-refractivity contribution in [2.75, 3.05) is 23.6 Å². The number of aryl methyl sites for hydroxylation is 1. The molecule has 190 valence electrons. The Hall–Kier alpha value is -3.75. The average Bonchev–Trinajstić information content (AvgIpc) is 2.91. The van der Waals surface area contributed by atoms with E-state index in [1.165, 1.54) is 23.8 Å². The zero-order valence-electron chi connectivity index (χ0n) is 20.4. The van der Waals surface area contributed by atoms with Crippen LogP contribution in [0.2, 0.25) is 5.02 Å². The summed E-state index contributed by atoms with van der Waals surface area (Å²) in [4.78, 5) is 36.5. The minimum Gasteiger partial charge on any atom is -0.324 e. The summed E-state index contributed by atoms with van der Waals surface area (Å²) in [7, 11) is 0. The lowest BCUT2D eigenvalue weighted by molar-refractivity contribution is -0.127. The number of rotatable bonds is 6. The van der Waals surface area contributed by atoms with Gasteiger partial charge < -0.3 is 10.2 Å². The molecule has 1 atom stereocenters. The lowest BCUT2D eigenvalue weighted by atomic mass is 10.1. The number of amides is 2. The second kappa shape index (κ2) is 10.7. The number of hydrogen-bond acceptors (Lipinski definition) is 5. The molecule has 2 amide bonds. The average molecular weight is 520 g/mol. The molecule has 37 heavy (non-hydrogen) atoms. The Morgan fingerprint density at radius 1 is 1.05 bits per heavy atom. The molecular formula is C28H27ClFN5O2. The smallest absolute Gasteiger partial charge is 0.251 e. The SMILES string of the molecule is CCc1ccc(N2CN(Cc3ccccc3)CN3C2=NC(=O)CC3C(=O)Nc2ccc(F)c(Cl)c2)cc1. The molecule has 0 bridgehead atoms. The molecule has 2 aliphatic heterocycles. The van der Waals surface area contributed by atoms with Gasteiger partial charge in [-0.25, -0.2) is 4.39 Å². The number of carbonyl (C=O) groups excluding carboxylic acids is 2. The summed E-state index contributed by atoms with van der Waals surface area (Å²) in [6, 6.07) is 21.4. The molecule has 5 rings (SSSR count). The molecule has 3 aromatic carbocycles. The van der Waals surface area contributed by atoms with E-state index in [0.717, 1.165) is 17.7 Å². The van der Waals surface area contributed by atoms with Gasteiger partial charge in [-0.1, -0.05) is 61.0 Å².